The van der Waals surface area contributed by atoms with Crippen molar-refractivity contribution in [2.24, 2.45) is 0 Å². The number of nitro groups is 1. The van der Waals surface area contributed by atoms with Crippen molar-refractivity contribution in [2.45, 2.75) is 50.5 Å². The quantitative estimate of drug-likeness (QED) is 0.683. The van der Waals surface area contributed by atoms with Crippen LogP contribution < -0.4 is 4.72 Å². The Morgan fingerprint density at radius 3 is 2.40 bits per heavy atom. The van der Waals surface area contributed by atoms with Crippen LogP contribution >= 0.6 is 0 Å². The highest BCUT2D eigenvalue weighted by molar-refractivity contribution is 7.89. The lowest BCUT2D eigenvalue weighted by Gasteiger charge is -2.15. The van der Waals surface area contributed by atoms with Crippen LogP contribution in [0.2, 0.25) is 0 Å². The first-order chi connectivity index (χ1) is 9.31. The Bertz CT molecular complexity index is 634. The number of hydrogen-bond donors (Lipinski definition) is 1. The van der Waals surface area contributed by atoms with Gasteiger partial charge in [-0.1, -0.05) is 12.8 Å². The van der Waals surface area contributed by atoms with Gasteiger partial charge in [-0.25, -0.2) is 13.1 Å². The van der Waals surface area contributed by atoms with E-state index >= 15 is 0 Å². The van der Waals surface area contributed by atoms with Crippen LogP contribution in [0, 0.1) is 24.0 Å². The Hall–Kier alpha value is -1.47. The van der Waals surface area contributed by atoms with Crippen LogP contribution in [0.5, 0.6) is 0 Å². The van der Waals surface area contributed by atoms with Crippen molar-refractivity contribution >= 4 is 15.7 Å². The average Bonchev–Trinajstić information content (AvgIpc) is 2.83. The standard InChI is InChI=1S/C13H18N2O4S/c1-9-7-12(15(16)17)8-13(10(9)2)20(18,19)14-11-5-3-4-6-11/h7-8,11,14H,3-6H2,1-2H3. The third-order valence-corrected chi connectivity index (χ3v) is 5.43. The summed E-state index contributed by atoms with van der Waals surface area (Å²) in [6.45, 7) is 3.35. The SMILES string of the molecule is Cc1cc([N+](=O)[O-])cc(S(=O)(=O)NC2CCCC2)c1C. The fourth-order valence-corrected chi connectivity index (χ4v) is 4.16. The Morgan fingerprint density at radius 2 is 1.85 bits per heavy atom. The average molecular weight is 298 g/mol. The number of benzene rings is 1. The highest BCUT2D eigenvalue weighted by Gasteiger charge is 2.26. The molecule has 1 N–H and O–H groups in total. The summed E-state index contributed by atoms with van der Waals surface area (Å²) in [6, 6.07) is 2.47. The van der Waals surface area contributed by atoms with Crippen LogP contribution in [-0.4, -0.2) is 19.4 Å². The van der Waals surface area contributed by atoms with Crippen LogP contribution in [0.3, 0.4) is 0 Å². The van der Waals surface area contributed by atoms with E-state index in [0.717, 1.165) is 31.7 Å². The topological polar surface area (TPSA) is 89.3 Å². The van der Waals surface area contributed by atoms with Gasteiger partial charge in [0.05, 0.1) is 9.82 Å². The molecule has 6 nitrogen and oxygen atoms in total. The molecule has 7 heteroatoms. The zero-order chi connectivity index (χ0) is 14.9. The fourth-order valence-electron chi connectivity index (χ4n) is 2.52. The molecular weight excluding hydrogens is 280 g/mol. The van der Waals surface area contributed by atoms with Gasteiger partial charge in [-0.05, 0) is 37.8 Å². The second-order valence-electron chi connectivity index (χ2n) is 5.25. The molecule has 0 bridgehead atoms. The van der Waals surface area contributed by atoms with Crippen molar-refractivity contribution in [3.8, 4) is 0 Å². The van der Waals surface area contributed by atoms with E-state index in [1.54, 1.807) is 13.8 Å². The zero-order valence-corrected chi connectivity index (χ0v) is 12.4. The number of nitro benzene ring substituents is 1. The predicted octanol–water partition coefficient (Wildman–Crippen LogP) is 2.43. The molecule has 110 valence electrons. The van der Waals surface area contributed by atoms with E-state index in [2.05, 4.69) is 4.72 Å². The van der Waals surface area contributed by atoms with Gasteiger partial charge < -0.3 is 0 Å². The lowest BCUT2D eigenvalue weighted by atomic mass is 10.1. The minimum Gasteiger partial charge on any atom is -0.258 e. The van der Waals surface area contributed by atoms with E-state index < -0.39 is 14.9 Å². The minimum atomic E-state index is -3.71. The summed E-state index contributed by atoms with van der Waals surface area (Å²) < 4.78 is 27.5. The van der Waals surface area contributed by atoms with Crippen molar-refractivity contribution in [3.05, 3.63) is 33.4 Å². The second kappa shape index (κ2) is 5.49. The van der Waals surface area contributed by atoms with E-state index in [1.807, 2.05) is 0 Å². The van der Waals surface area contributed by atoms with Crippen LogP contribution in [0.15, 0.2) is 17.0 Å². The van der Waals surface area contributed by atoms with E-state index in [0.29, 0.717) is 11.1 Å². The molecule has 2 rings (SSSR count). The molecule has 0 aromatic heterocycles. The molecule has 1 fully saturated rings. The summed E-state index contributed by atoms with van der Waals surface area (Å²) in [6.07, 6.45) is 3.68. The van der Waals surface area contributed by atoms with E-state index in [-0.39, 0.29) is 16.6 Å². The van der Waals surface area contributed by atoms with Crippen LogP contribution in [0.25, 0.3) is 0 Å². The first-order valence-corrected chi connectivity index (χ1v) is 8.07. The molecule has 0 radical (unpaired) electrons. The predicted molar refractivity (Wildman–Crippen MR) is 75.1 cm³/mol. The van der Waals surface area contributed by atoms with E-state index in [4.69, 9.17) is 0 Å². The van der Waals surface area contributed by atoms with Crippen molar-refractivity contribution in [1.82, 2.24) is 4.72 Å². The molecule has 0 amide bonds. The van der Waals surface area contributed by atoms with Crippen LogP contribution in [-0.2, 0) is 10.0 Å². The van der Waals surface area contributed by atoms with Gasteiger partial charge in [-0.3, -0.25) is 10.1 Å². The minimum absolute atomic E-state index is 0.0103. The Balaban J connectivity index is 2.41. The molecule has 0 aliphatic heterocycles. The van der Waals surface area contributed by atoms with Gasteiger partial charge in [0, 0.05) is 18.2 Å². The monoisotopic (exact) mass is 298 g/mol. The lowest BCUT2D eigenvalue weighted by Crippen LogP contribution is -2.33. The van der Waals surface area contributed by atoms with Crippen molar-refractivity contribution in [1.29, 1.82) is 0 Å². The largest absolute Gasteiger partial charge is 0.271 e. The molecule has 0 atom stereocenters. The van der Waals surface area contributed by atoms with Gasteiger partial charge in [-0.2, -0.15) is 0 Å². The first kappa shape index (κ1) is 14.9. The Labute approximate surface area is 118 Å². The number of nitrogens with zero attached hydrogens (tertiary/aromatic N) is 1. The van der Waals surface area contributed by atoms with E-state index in [9.17, 15) is 18.5 Å². The maximum Gasteiger partial charge on any atom is 0.271 e. The van der Waals surface area contributed by atoms with Gasteiger partial charge in [0.2, 0.25) is 10.0 Å². The lowest BCUT2D eigenvalue weighted by molar-refractivity contribution is -0.385. The zero-order valence-electron chi connectivity index (χ0n) is 11.5. The fraction of sp³-hybridized carbons (Fsp3) is 0.538. The number of rotatable bonds is 4. The first-order valence-electron chi connectivity index (χ1n) is 6.59. The molecule has 1 aromatic rings. The molecule has 0 unspecified atom stereocenters. The van der Waals surface area contributed by atoms with Crippen molar-refractivity contribution < 1.29 is 13.3 Å². The van der Waals surface area contributed by atoms with Crippen LogP contribution in [0.4, 0.5) is 5.69 Å². The molecule has 0 heterocycles. The number of aryl methyl sites for hydroxylation is 1. The third-order valence-electron chi connectivity index (χ3n) is 3.78. The Morgan fingerprint density at radius 1 is 1.25 bits per heavy atom. The van der Waals surface area contributed by atoms with E-state index in [1.165, 1.54) is 6.07 Å². The number of sulfonamides is 1. The summed E-state index contributed by atoms with van der Waals surface area (Å²) >= 11 is 0. The van der Waals surface area contributed by atoms with Gasteiger partial charge in [-0.15, -0.1) is 0 Å². The van der Waals surface area contributed by atoms with Crippen molar-refractivity contribution in [3.63, 3.8) is 0 Å². The summed E-state index contributed by atoms with van der Waals surface area (Å²) in [7, 11) is -3.71. The molecule has 1 aromatic carbocycles. The van der Waals surface area contributed by atoms with Gasteiger partial charge in [0.1, 0.15) is 0 Å². The third kappa shape index (κ3) is 2.99. The van der Waals surface area contributed by atoms with Gasteiger partial charge in [0.25, 0.3) is 5.69 Å². The molecule has 20 heavy (non-hydrogen) atoms. The normalized spacial score (nSPS) is 16.5. The highest BCUT2D eigenvalue weighted by atomic mass is 32.2. The number of nitrogens with one attached hydrogen (secondary N) is 1. The summed E-state index contributed by atoms with van der Waals surface area (Å²) in [4.78, 5) is 10.3. The van der Waals surface area contributed by atoms with Gasteiger partial charge >= 0.3 is 0 Å². The summed E-state index contributed by atoms with van der Waals surface area (Å²) in [5, 5.41) is 10.9. The number of hydrogen-bond acceptors (Lipinski definition) is 4. The number of non-ortho nitro benzene ring substituents is 1. The highest BCUT2D eigenvalue weighted by Crippen LogP contribution is 2.27. The van der Waals surface area contributed by atoms with Crippen LogP contribution in [0.1, 0.15) is 36.8 Å². The maximum atomic E-state index is 12.4. The molecule has 1 aliphatic rings. The summed E-state index contributed by atoms with van der Waals surface area (Å²) in [5.74, 6) is 0. The molecule has 1 saturated carbocycles. The van der Waals surface area contributed by atoms with Gasteiger partial charge in [0.15, 0.2) is 0 Å². The molecule has 0 spiro atoms. The smallest absolute Gasteiger partial charge is 0.258 e. The van der Waals surface area contributed by atoms with Crippen molar-refractivity contribution in [2.75, 3.05) is 0 Å². The maximum absolute atomic E-state index is 12.4. The molecular formula is C13H18N2O4S. The second-order valence-corrected chi connectivity index (χ2v) is 6.93. The Kier molecular flexibility index (Phi) is 4.10. The molecule has 0 saturated heterocycles. The summed E-state index contributed by atoms with van der Waals surface area (Å²) in [5.41, 5.74) is 0.965. The molecule has 1 aliphatic carbocycles.